The molecule has 1 N–H and O–H groups in total. The molecular formula is C23H28N2O4S. The summed E-state index contributed by atoms with van der Waals surface area (Å²) in [5.41, 5.74) is 3.25. The molecule has 0 radical (unpaired) electrons. The Morgan fingerprint density at radius 2 is 1.80 bits per heavy atom. The third kappa shape index (κ3) is 4.90. The van der Waals surface area contributed by atoms with Gasteiger partial charge in [-0.1, -0.05) is 35.9 Å². The predicted molar refractivity (Wildman–Crippen MR) is 119 cm³/mol. The smallest absolute Gasteiger partial charge is 0.243 e. The van der Waals surface area contributed by atoms with Crippen LogP contribution in [0.3, 0.4) is 0 Å². The summed E-state index contributed by atoms with van der Waals surface area (Å²) in [6.07, 6.45) is 0.660. The molecule has 0 unspecified atom stereocenters. The number of hydrogen-bond donors (Lipinski definition) is 1. The molecule has 30 heavy (non-hydrogen) atoms. The second kappa shape index (κ2) is 9.89. The number of amides is 2. The molecule has 1 heterocycles. The summed E-state index contributed by atoms with van der Waals surface area (Å²) >= 11 is 1.63. The van der Waals surface area contributed by atoms with Crippen molar-refractivity contribution in [3.8, 4) is 11.5 Å². The van der Waals surface area contributed by atoms with Crippen molar-refractivity contribution in [2.75, 3.05) is 26.5 Å². The summed E-state index contributed by atoms with van der Waals surface area (Å²) in [4.78, 5) is 26.9. The highest BCUT2D eigenvalue weighted by Crippen LogP contribution is 2.41. The van der Waals surface area contributed by atoms with Crippen LogP contribution in [0, 0.1) is 6.92 Å². The van der Waals surface area contributed by atoms with Crippen LogP contribution in [0.15, 0.2) is 42.5 Å². The van der Waals surface area contributed by atoms with E-state index in [0.717, 1.165) is 11.1 Å². The quantitative estimate of drug-likeness (QED) is 0.733. The normalized spacial score (nSPS) is 18.2. The van der Waals surface area contributed by atoms with Crippen molar-refractivity contribution in [1.82, 2.24) is 10.2 Å². The van der Waals surface area contributed by atoms with Crippen molar-refractivity contribution in [2.24, 2.45) is 0 Å². The first-order valence-corrected chi connectivity index (χ1v) is 10.9. The number of thioether (sulfide) groups is 1. The van der Waals surface area contributed by atoms with Gasteiger partial charge in [0.2, 0.25) is 11.8 Å². The maximum Gasteiger partial charge on any atom is 0.243 e. The molecule has 6 nitrogen and oxygen atoms in total. The van der Waals surface area contributed by atoms with Crippen LogP contribution in [0.1, 0.15) is 29.0 Å². The highest BCUT2D eigenvalue weighted by molar-refractivity contribution is 7.99. The van der Waals surface area contributed by atoms with Crippen molar-refractivity contribution in [2.45, 2.75) is 31.7 Å². The van der Waals surface area contributed by atoms with E-state index in [-0.39, 0.29) is 17.2 Å². The Morgan fingerprint density at radius 3 is 2.43 bits per heavy atom. The van der Waals surface area contributed by atoms with Crippen LogP contribution in [0.5, 0.6) is 11.5 Å². The Morgan fingerprint density at radius 1 is 1.10 bits per heavy atom. The van der Waals surface area contributed by atoms with Crippen molar-refractivity contribution in [3.05, 3.63) is 59.2 Å². The number of carbonyl (C=O) groups excluding carboxylic acids is 2. The molecule has 2 aromatic rings. The molecule has 2 amide bonds. The van der Waals surface area contributed by atoms with E-state index in [4.69, 9.17) is 9.47 Å². The van der Waals surface area contributed by atoms with Crippen LogP contribution in [-0.4, -0.2) is 49.3 Å². The van der Waals surface area contributed by atoms with Gasteiger partial charge in [-0.2, -0.15) is 0 Å². The summed E-state index contributed by atoms with van der Waals surface area (Å²) in [6, 6.07) is 13.4. The second-order valence-corrected chi connectivity index (χ2v) is 8.38. The van der Waals surface area contributed by atoms with Crippen LogP contribution < -0.4 is 14.8 Å². The lowest BCUT2D eigenvalue weighted by molar-refractivity contribution is -0.138. The van der Waals surface area contributed by atoms with E-state index in [2.05, 4.69) is 5.32 Å². The van der Waals surface area contributed by atoms with E-state index in [0.29, 0.717) is 30.2 Å². The van der Waals surface area contributed by atoms with E-state index in [1.54, 1.807) is 30.9 Å². The molecule has 7 heteroatoms. The molecule has 1 aliphatic heterocycles. The Bertz CT molecular complexity index is 901. The summed E-state index contributed by atoms with van der Waals surface area (Å²) in [7, 11) is 3.20. The van der Waals surface area contributed by atoms with E-state index in [9.17, 15) is 9.59 Å². The Kier molecular flexibility index (Phi) is 7.26. The van der Waals surface area contributed by atoms with Gasteiger partial charge in [0.1, 0.15) is 11.4 Å². The zero-order chi connectivity index (χ0) is 21.7. The zero-order valence-electron chi connectivity index (χ0n) is 17.8. The topological polar surface area (TPSA) is 67.9 Å². The van der Waals surface area contributed by atoms with Gasteiger partial charge in [0.25, 0.3) is 0 Å². The predicted octanol–water partition coefficient (Wildman–Crippen LogP) is 3.33. The molecule has 0 spiro atoms. The van der Waals surface area contributed by atoms with Crippen LogP contribution in [0.2, 0.25) is 0 Å². The minimum absolute atomic E-state index is 0.0920. The minimum Gasteiger partial charge on any atom is -0.493 e. The maximum atomic E-state index is 12.8. The van der Waals surface area contributed by atoms with Gasteiger partial charge in [0.15, 0.2) is 11.5 Å². The molecule has 160 valence electrons. The number of ether oxygens (including phenoxy) is 2. The fourth-order valence-electron chi connectivity index (χ4n) is 3.56. The minimum atomic E-state index is -0.468. The highest BCUT2D eigenvalue weighted by atomic mass is 32.2. The SMILES string of the molecule is COc1ccc(CCNC(=O)[C@@H]2CS[C@H](c3ccc(C)cc3)N2C(C)=O)cc1OC. The number of benzene rings is 2. The van der Waals surface area contributed by atoms with Crippen molar-refractivity contribution in [1.29, 1.82) is 0 Å². The largest absolute Gasteiger partial charge is 0.493 e. The van der Waals surface area contributed by atoms with Gasteiger partial charge in [-0.15, -0.1) is 11.8 Å². The molecule has 1 aliphatic rings. The van der Waals surface area contributed by atoms with Crippen molar-refractivity contribution < 1.29 is 19.1 Å². The van der Waals surface area contributed by atoms with Gasteiger partial charge in [-0.05, 0) is 36.6 Å². The lowest BCUT2D eigenvalue weighted by Crippen LogP contribution is -2.47. The number of nitrogens with one attached hydrogen (secondary N) is 1. The monoisotopic (exact) mass is 428 g/mol. The Hall–Kier alpha value is -2.67. The van der Waals surface area contributed by atoms with Crippen LogP contribution >= 0.6 is 11.8 Å². The molecule has 0 aromatic heterocycles. The van der Waals surface area contributed by atoms with E-state index < -0.39 is 6.04 Å². The van der Waals surface area contributed by atoms with Gasteiger partial charge < -0.3 is 19.7 Å². The lowest BCUT2D eigenvalue weighted by Gasteiger charge is -2.28. The number of hydrogen-bond acceptors (Lipinski definition) is 5. The van der Waals surface area contributed by atoms with Crippen molar-refractivity contribution in [3.63, 3.8) is 0 Å². The first kappa shape index (κ1) is 22.0. The van der Waals surface area contributed by atoms with E-state index in [1.807, 2.05) is 49.4 Å². The molecule has 1 fully saturated rings. The molecule has 0 bridgehead atoms. The van der Waals surface area contributed by atoms with Crippen LogP contribution in [0.4, 0.5) is 0 Å². The first-order valence-electron chi connectivity index (χ1n) is 9.90. The van der Waals surface area contributed by atoms with Gasteiger partial charge in [-0.3, -0.25) is 9.59 Å². The average molecular weight is 429 g/mol. The third-order valence-electron chi connectivity index (χ3n) is 5.19. The molecule has 3 rings (SSSR count). The number of carbonyl (C=O) groups is 2. The summed E-state index contributed by atoms with van der Waals surface area (Å²) in [5, 5.41) is 2.85. The number of methoxy groups -OCH3 is 2. The molecule has 2 atom stereocenters. The van der Waals surface area contributed by atoms with Gasteiger partial charge in [-0.25, -0.2) is 0 Å². The molecular weight excluding hydrogens is 400 g/mol. The van der Waals surface area contributed by atoms with Crippen molar-refractivity contribution >= 4 is 23.6 Å². The fraction of sp³-hybridized carbons (Fsp3) is 0.391. The van der Waals surface area contributed by atoms with Gasteiger partial charge in [0, 0.05) is 19.2 Å². The summed E-state index contributed by atoms with van der Waals surface area (Å²) in [5.74, 6) is 1.71. The first-order chi connectivity index (χ1) is 14.4. The fourth-order valence-corrected chi connectivity index (χ4v) is 5.05. The van der Waals surface area contributed by atoms with Gasteiger partial charge >= 0.3 is 0 Å². The molecule has 0 aliphatic carbocycles. The summed E-state index contributed by atoms with van der Waals surface area (Å²) in [6.45, 7) is 4.04. The zero-order valence-corrected chi connectivity index (χ0v) is 18.6. The number of nitrogens with zero attached hydrogens (tertiary/aromatic N) is 1. The average Bonchev–Trinajstić information content (AvgIpc) is 3.19. The summed E-state index contributed by atoms with van der Waals surface area (Å²) < 4.78 is 10.6. The Labute approximate surface area is 181 Å². The van der Waals surface area contributed by atoms with E-state index >= 15 is 0 Å². The maximum absolute atomic E-state index is 12.8. The highest BCUT2D eigenvalue weighted by Gasteiger charge is 2.40. The Balaban J connectivity index is 1.62. The molecule has 1 saturated heterocycles. The van der Waals surface area contributed by atoms with Crippen LogP contribution in [0.25, 0.3) is 0 Å². The second-order valence-electron chi connectivity index (χ2n) is 7.27. The third-order valence-corrected chi connectivity index (χ3v) is 6.51. The number of rotatable bonds is 7. The molecule has 0 saturated carbocycles. The lowest BCUT2D eigenvalue weighted by atomic mass is 10.1. The molecule has 2 aromatic carbocycles. The standard InChI is InChI=1S/C23H28N2O4S/c1-15-5-8-18(9-6-15)23-25(16(2)26)19(14-30-23)22(27)24-12-11-17-7-10-20(28-3)21(13-17)29-4/h5-10,13,19,23H,11-12,14H2,1-4H3,(H,24,27)/t19-,23+/m0/s1. The van der Waals surface area contributed by atoms with Crippen LogP contribution in [-0.2, 0) is 16.0 Å². The van der Waals surface area contributed by atoms with Gasteiger partial charge in [0.05, 0.1) is 14.2 Å². The van der Waals surface area contributed by atoms with E-state index in [1.165, 1.54) is 12.5 Å². The number of aryl methyl sites for hydroxylation is 1.